The molecule has 1 fully saturated rings. The van der Waals surface area contributed by atoms with Crippen LogP contribution in [0.4, 0.5) is 4.79 Å². The summed E-state index contributed by atoms with van der Waals surface area (Å²) in [5, 5.41) is 3.11. The Balaban J connectivity index is 1.57. The van der Waals surface area contributed by atoms with Crippen molar-refractivity contribution in [1.29, 1.82) is 0 Å². The molecule has 1 N–H and O–H groups in total. The molecule has 212 valence electrons. The zero-order valence-corrected chi connectivity index (χ0v) is 24.1. The number of benzene rings is 3. The van der Waals surface area contributed by atoms with Gasteiger partial charge < -0.3 is 15.0 Å². The third kappa shape index (κ3) is 8.95. The molecule has 0 aliphatic carbocycles. The number of ether oxygens (including phenoxy) is 1. The first kappa shape index (κ1) is 29.3. The maximum Gasteiger partial charge on any atom is 0.410 e. The molecule has 3 aromatic rings. The van der Waals surface area contributed by atoms with Gasteiger partial charge in [-0.05, 0) is 56.7 Å². The third-order valence-corrected chi connectivity index (χ3v) is 7.27. The monoisotopic (exact) mass is 541 g/mol. The summed E-state index contributed by atoms with van der Waals surface area (Å²) in [4.78, 5) is 31.0. The van der Waals surface area contributed by atoms with Gasteiger partial charge in [0.15, 0.2) is 0 Å². The predicted octanol–water partition coefficient (Wildman–Crippen LogP) is 6.21. The Morgan fingerprint density at radius 1 is 0.850 bits per heavy atom. The molecule has 1 aliphatic rings. The standard InChI is InChI=1S/C34H43N3O3/c1-34(2,3)40-33(39)37-23-13-20-30(31(37)24-32(38)35-22-21-27-14-7-4-8-15-27)36(25-28-16-9-5-10-17-28)26-29-18-11-6-12-19-29/h4-12,14-19,30-31H,13,20-26H2,1-3H3,(H,35,38)/t30-,31+/m0/s1. The molecule has 0 bridgehead atoms. The molecule has 2 atom stereocenters. The van der Waals surface area contributed by atoms with Crippen LogP contribution in [-0.2, 0) is 29.0 Å². The van der Waals surface area contributed by atoms with Crippen molar-refractivity contribution in [2.24, 2.45) is 0 Å². The number of hydrogen-bond donors (Lipinski definition) is 1. The highest BCUT2D eigenvalue weighted by Crippen LogP contribution is 2.29. The number of carbonyl (C=O) groups is 2. The van der Waals surface area contributed by atoms with Crippen LogP contribution in [0.1, 0.15) is 56.7 Å². The van der Waals surface area contributed by atoms with Crippen molar-refractivity contribution < 1.29 is 14.3 Å². The molecule has 0 spiro atoms. The van der Waals surface area contributed by atoms with Crippen LogP contribution in [0.3, 0.4) is 0 Å². The van der Waals surface area contributed by atoms with Gasteiger partial charge in [-0.25, -0.2) is 4.79 Å². The molecule has 4 rings (SSSR count). The van der Waals surface area contributed by atoms with E-state index in [0.717, 1.165) is 32.4 Å². The first-order chi connectivity index (χ1) is 19.3. The van der Waals surface area contributed by atoms with E-state index in [1.807, 2.05) is 51.1 Å². The minimum absolute atomic E-state index is 0.00144. The lowest BCUT2D eigenvalue weighted by Crippen LogP contribution is -2.58. The van der Waals surface area contributed by atoms with Crippen LogP contribution in [0, 0.1) is 0 Å². The SMILES string of the molecule is CC(C)(C)OC(=O)N1CCC[C@H](N(Cc2ccccc2)Cc2ccccc2)[C@H]1CC(=O)NCCc1ccccc1. The van der Waals surface area contributed by atoms with Gasteiger partial charge in [0.2, 0.25) is 5.91 Å². The highest BCUT2D eigenvalue weighted by Gasteiger charge is 2.40. The number of likely N-dealkylation sites (tertiary alicyclic amines) is 1. The number of rotatable bonds is 10. The van der Waals surface area contributed by atoms with Crippen molar-refractivity contribution in [3.8, 4) is 0 Å². The van der Waals surface area contributed by atoms with Gasteiger partial charge in [-0.2, -0.15) is 0 Å². The molecule has 1 aliphatic heterocycles. The van der Waals surface area contributed by atoms with Crippen molar-refractivity contribution in [1.82, 2.24) is 15.1 Å². The van der Waals surface area contributed by atoms with E-state index in [-0.39, 0.29) is 30.5 Å². The highest BCUT2D eigenvalue weighted by molar-refractivity contribution is 5.78. The molecule has 3 aromatic carbocycles. The summed E-state index contributed by atoms with van der Waals surface area (Å²) in [7, 11) is 0. The smallest absolute Gasteiger partial charge is 0.410 e. The zero-order chi connectivity index (χ0) is 28.4. The first-order valence-corrected chi connectivity index (χ1v) is 14.4. The van der Waals surface area contributed by atoms with E-state index in [4.69, 9.17) is 4.74 Å². The Labute approximate surface area is 239 Å². The number of nitrogens with zero attached hydrogens (tertiary/aromatic N) is 2. The van der Waals surface area contributed by atoms with E-state index >= 15 is 0 Å². The zero-order valence-electron chi connectivity index (χ0n) is 24.1. The second-order valence-corrected chi connectivity index (χ2v) is 11.6. The molecular formula is C34H43N3O3. The van der Waals surface area contributed by atoms with Crippen molar-refractivity contribution in [3.05, 3.63) is 108 Å². The molecule has 1 heterocycles. The molecule has 6 heteroatoms. The Morgan fingerprint density at radius 2 is 1.38 bits per heavy atom. The number of amides is 2. The average molecular weight is 542 g/mol. The second kappa shape index (κ2) is 14.1. The Morgan fingerprint density at radius 3 is 1.90 bits per heavy atom. The van der Waals surface area contributed by atoms with Gasteiger partial charge in [0.05, 0.1) is 6.04 Å². The fraction of sp³-hybridized carbons (Fsp3) is 0.412. The summed E-state index contributed by atoms with van der Waals surface area (Å²) < 4.78 is 5.83. The molecule has 1 saturated heterocycles. The second-order valence-electron chi connectivity index (χ2n) is 11.6. The largest absolute Gasteiger partial charge is 0.444 e. The summed E-state index contributed by atoms with van der Waals surface area (Å²) in [5.41, 5.74) is 2.99. The van der Waals surface area contributed by atoms with Crippen LogP contribution in [0.15, 0.2) is 91.0 Å². The normalized spacial score (nSPS) is 17.4. The van der Waals surface area contributed by atoms with Crippen LogP contribution in [-0.4, -0.2) is 52.6 Å². The lowest BCUT2D eigenvalue weighted by atomic mass is 9.91. The summed E-state index contributed by atoms with van der Waals surface area (Å²) in [6.45, 7) is 8.25. The molecule has 6 nitrogen and oxygen atoms in total. The van der Waals surface area contributed by atoms with Crippen molar-refractivity contribution in [3.63, 3.8) is 0 Å². The van der Waals surface area contributed by atoms with E-state index in [9.17, 15) is 9.59 Å². The highest BCUT2D eigenvalue weighted by atomic mass is 16.6. The van der Waals surface area contributed by atoms with E-state index in [0.29, 0.717) is 13.1 Å². The fourth-order valence-electron chi connectivity index (χ4n) is 5.44. The Bertz CT molecular complexity index is 1150. The van der Waals surface area contributed by atoms with Gasteiger partial charge in [-0.3, -0.25) is 9.69 Å². The lowest BCUT2D eigenvalue weighted by Gasteiger charge is -2.46. The van der Waals surface area contributed by atoms with Gasteiger partial charge in [-0.15, -0.1) is 0 Å². The van der Waals surface area contributed by atoms with Gasteiger partial charge in [0.1, 0.15) is 5.60 Å². The Hall–Kier alpha value is -3.64. The molecule has 0 aromatic heterocycles. The first-order valence-electron chi connectivity index (χ1n) is 14.4. The number of carbonyl (C=O) groups excluding carboxylic acids is 2. The van der Waals surface area contributed by atoms with Gasteiger partial charge in [0.25, 0.3) is 0 Å². The van der Waals surface area contributed by atoms with Crippen LogP contribution >= 0.6 is 0 Å². The average Bonchev–Trinajstić information content (AvgIpc) is 2.93. The van der Waals surface area contributed by atoms with E-state index in [1.165, 1.54) is 16.7 Å². The molecule has 0 radical (unpaired) electrons. The van der Waals surface area contributed by atoms with Crippen molar-refractivity contribution in [2.45, 2.75) is 77.2 Å². The van der Waals surface area contributed by atoms with E-state index in [1.54, 1.807) is 4.90 Å². The van der Waals surface area contributed by atoms with Crippen LogP contribution in [0.2, 0.25) is 0 Å². The van der Waals surface area contributed by atoms with Crippen LogP contribution in [0.5, 0.6) is 0 Å². The lowest BCUT2D eigenvalue weighted by molar-refractivity contribution is -0.123. The summed E-state index contributed by atoms with van der Waals surface area (Å²) in [5.74, 6) is -0.0410. The fourth-order valence-corrected chi connectivity index (χ4v) is 5.44. The minimum Gasteiger partial charge on any atom is -0.444 e. The number of piperidine rings is 1. The molecule has 2 amide bonds. The summed E-state index contributed by atoms with van der Waals surface area (Å²) in [6.07, 6.45) is 2.42. The third-order valence-electron chi connectivity index (χ3n) is 7.27. The Kier molecular flexibility index (Phi) is 10.4. The van der Waals surface area contributed by atoms with Crippen LogP contribution in [0.25, 0.3) is 0 Å². The van der Waals surface area contributed by atoms with Gasteiger partial charge >= 0.3 is 6.09 Å². The van der Waals surface area contributed by atoms with E-state index in [2.05, 4.69) is 70.9 Å². The maximum absolute atomic E-state index is 13.4. The topological polar surface area (TPSA) is 61.9 Å². The summed E-state index contributed by atoms with van der Waals surface area (Å²) in [6, 6.07) is 30.7. The number of hydrogen-bond acceptors (Lipinski definition) is 4. The quantitative estimate of drug-likeness (QED) is 0.332. The maximum atomic E-state index is 13.4. The molecule has 40 heavy (non-hydrogen) atoms. The summed E-state index contributed by atoms with van der Waals surface area (Å²) >= 11 is 0. The van der Waals surface area contributed by atoms with Gasteiger partial charge in [-0.1, -0.05) is 91.0 Å². The molecular weight excluding hydrogens is 498 g/mol. The molecule has 0 saturated carbocycles. The van der Waals surface area contributed by atoms with Gasteiger partial charge in [0, 0.05) is 38.6 Å². The van der Waals surface area contributed by atoms with Crippen molar-refractivity contribution >= 4 is 12.0 Å². The van der Waals surface area contributed by atoms with Crippen LogP contribution < -0.4 is 5.32 Å². The molecule has 0 unspecified atom stereocenters. The van der Waals surface area contributed by atoms with E-state index < -0.39 is 5.60 Å². The minimum atomic E-state index is -0.611. The predicted molar refractivity (Wildman–Crippen MR) is 160 cm³/mol. The van der Waals surface area contributed by atoms with Crippen molar-refractivity contribution in [2.75, 3.05) is 13.1 Å². The number of nitrogens with one attached hydrogen (secondary N) is 1.